The normalized spacial score (nSPS) is 11.6. The lowest BCUT2D eigenvalue weighted by atomic mass is 10.2. The fraction of sp³-hybridized carbons (Fsp3) is 0.0625. The van der Waals surface area contributed by atoms with Crippen molar-refractivity contribution in [2.45, 2.75) is 6.92 Å². The number of benzene rings is 2. The first-order valence-corrected chi connectivity index (χ1v) is 7.40. The highest BCUT2D eigenvalue weighted by atomic mass is 79.9. The molecule has 0 amide bonds. The Labute approximate surface area is 135 Å². The van der Waals surface area contributed by atoms with Gasteiger partial charge in [-0.05, 0) is 18.4 Å². The van der Waals surface area contributed by atoms with E-state index in [1.165, 1.54) is 4.68 Å². The highest BCUT2D eigenvalue weighted by molar-refractivity contribution is 9.10. The number of hydrogen-bond donors (Lipinski definition) is 0. The molecule has 1 aromatic heterocycles. The van der Waals surface area contributed by atoms with Gasteiger partial charge in [-0.15, -0.1) is 0 Å². The lowest BCUT2D eigenvalue weighted by Gasteiger charge is -2.07. The Bertz CT molecular complexity index is 811. The summed E-state index contributed by atoms with van der Waals surface area (Å²) < 4.78 is 7.18. The topological polar surface area (TPSA) is 65.3 Å². The summed E-state index contributed by atoms with van der Waals surface area (Å²) in [6, 6.07) is 16.6. The third-order valence-corrected chi connectivity index (χ3v) is 3.75. The van der Waals surface area contributed by atoms with Crippen LogP contribution in [0.4, 0.5) is 5.88 Å². The first-order chi connectivity index (χ1) is 10.6. The number of halogens is 1. The molecule has 3 rings (SSSR count). The van der Waals surface area contributed by atoms with Crippen LogP contribution in [0.15, 0.2) is 68.7 Å². The van der Waals surface area contributed by atoms with Crippen molar-refractivity contribution in [3.63, 3.8) is 0 Å². The third kappa shape index (κ3) is 2.92. The Hall–Kier alpha value is -2.47. The quantitative estimate of drug-likeness (QED) is 0.410. The Morgan fingerprint density at radius 1 is 1.14 bits per heavy atom. The smallest absolute Gasteiger partial charge is 0.348 e. The van der Waals surface area contributed by atoms with Gasteiger partial charge in [0.1, 0.15) is 0 Å². The summed E-state index contributed by atoms with van der Waals surface area (Å²) in [7, 11) is 0. The highest BCUT2D eigenvalue weighted by Gasteiger charge is 2.23. The Balaban J connectivity index is 1.95. The lowest BCUT2D eigenvalue weighted by Crippen LogP contribution is -2.33. The lowest BCUT2D eigenvalue weighted by molar-refractivity contribution is -0.680. The monoisotopic (exact) mass is 357 g/mol. The van der Waals surface area contributed by atoms with Crippen LogP contribution in [-0.4, -0.2) is 11.2 Å². The number of aromatic nitrogens is 2. The predicted molar refractivity (Wildman–Crippen MR) is 83.1 cm³/mol. The second-order valence-electron chi connectivity index (χ2n) is 4.70. The van der Waals surface area contributed by atoms with Crippen LogP contribution in [0.25, 0.3) is 5.69 Å². The highest BCUT2D eigenvalue weighted by Crippen LogP contribution is 2.22. The SMILES string of the molecule is Cc1ccc(-[n+]2noc(/N=C(\[O-])c3ccccc3)c2Br)cc1. The largest absolute Gasteiger partial charge is 0.858 e. The van der Waals surface area contributed by atoms with Gasteiger partial charge in [0, 0.05) is 32.7 Å². The summed E-state index contributed by atoms with van der Waals surface area (Å²) in [5.74, 6) is -0.247. The van der Waals surface area contributed by atoms with Crippen molar-refractivity contribution in [2.75, 3.05) is 0 Å². The van der Waals surface area contributed by atoms with Gasteiger partial charge >= 0.3 is 10.5 Å². The van der Waals surface area contributed by atoms with Crippen molar-refractivity contribution in [2.24, 2.45) is 4.99 Å². The molecule has 6 heteroatoms. The molecule has 5 nitrogen and oxygen atoms in total. The molecule has 3 aromatic rings. The maximum Gasteiger partial charge on any atom is 0.348 e. The van der Waals surface area contributed by atoms with Gasteiger partial charge < -0.3 is 5.11 Å². The van der Waals surface area contributed by atoms with Crippen LogP contribution in [0.1, 0.15) is 11.1 Å². The summed E-state index contributed by atoms with van der Waals surface area (Å²) in [6.07, 6.45) is 0. The molecule has 0 N–H and O–H groups in total. The molecule has 0 unspecified atom stereocenters. The van der Waals surface area contributed by atoms with Crippen LogP contribution in [-0.2, 0) is 0 Å². The molecule has 0 saturated heterocycles. The van der Waals surface area contributed by atoms with Crippen molar-refractivity contribution >= 4 is 27.7 Å². The zero-order chi connectivity index (χ0) is 15.5. The molecule has 0 fully saturated rings. The zero-order valence-electron chi connectivity index (χ0n) is 11.7. The minimum atomic E-state index is -0.381. The van der Waals surface area contributed by atoms with E-state index in [0.717, 1.165) is 11.3 Å². The van der Waals surface area contributed by atoms with Crippen LogP contribution >= 0.6 is 15.9 Å². The maximum absolute atomic E-state index is 12.1. The van der Waals surface area contributed by atoms with Crippen LogP contribution < -0.4 is 9.79 Å². The van der Waals surface area contributed by atoms with Gasteiger partial charge in [0.05, 0.1) is 0 Å². The van der Waals surface area contributed by atoms with Crippen LogP contribution in [0.2, 0.25) is 0 Å². The Morgan fingerprint density at radius 2 is 1.82 bits per heavy atom. The number of aliphatic imine (C=N–C) groups is 1. The van der Waals surface area contributed by atoms with Crippen LogP contribution in [0.3, 0.4) is 0 Å². The molecule has 0 radical (unpaired) electrons. The molecule has 0 bridgehead atoms. The fourth-order valence-corrected chi connectivity index (χ4v) is 2.32. The average molecular weight is 358 g/mol. The van der Waals surface area contributed by atoms with Gasteiger partial charge in [-0.1, -0.05) is 48.0 Å². The van der Waals surface area contributed by atoms with E-state index in [1.54, 1.807) is 24.3 Å². The van der Waals surface area contributed by atoms with E-state index in [0.29, 0.717) is 10.2 Å². The average Bonchev–Trinajstić information content (AvgIpc) is 2.90. The molecule has 0 atom stereocenters. The van der Waals surface area contributed by atoms with E-state index in [9.17, 15) is 5.11 Å². The number of aryl methyl sites for hydroxylation is 1. The van der Waals surface area contributed by atoms with Crippen molar-refractivity contribution in [3.8, 4) is 5.69 Å². The predicted octanol–water partition coefficient (Wildman–Crippen LogP) is 2.46. The summed E-state index contributed by atoms with van der Waals surface area (Å²) in [6.45, 7) is 2.01. The first-order valence-electron chi connectivity index (χ1n) is 6.61. The summed E-state index contributed by atoms with van der Waals surface area (Å²) in [5, 5.41) is 16.0. The van der Waals surface area contributed by atoms with Gasteiger partial charge in [-0.2, -0.15) is 0 Å². The van der Waals surface area contributed by atoms with Crippen LogP contribution in [0.5, 0.6) is 0 Å². The van der Waals surface area contributed by atoms with E-state index in [1.807, 2.05) is 37.3 Å². The van der Waals surface area contributed by atoms with E-state index in [4.69, 9.17) is 4.52 Å². The van der Waals surface area contributed by atoms with Crippen molar-refractivity contribution < 1.29 is 14.3 Å². The molecular formula is C16H12BrN3O2. The number of rotatable bonds is 3. The molecule has 1 heterocycles. The van der Waals surface area contributed by atoms with E-state index in [-0.39, 0.29) is 11.8 Å². The van der Waals surface area contributed by atoms with E-state index < -0.39 is 0 Å². The standard InChI is InChI=1S/C16H12BrN3O2/c1-11-7-9-13(10-8-11)20-14(17)16(22-19-20)18-15(21)12-5-3-2-4-6-12/h2-10H,1H3. The summed E-state index contributed by atoms with van der Waals surface area (Å²) >= 11 is 3.37. The van der Waals surface area contributed by atoms with Gasteiger partial charge in [0.15, 0.2) is 0 Å². The Morgan fingerprint density at radius 3 is 2.50 bits per heavy atom. The number of hydrogen-bond acceptors (Lipinski definition) is 4. The summed E-state index contributed by atoms with van der Waals surface area (Å²) in [5.41, 5.74) is 2.45. The van der Waals surface area contributed by atoms with Crippen molar-refractivity contribution in [3.05, 3.63) is 70.3 Å². The molecule has 110 valence electrons. The molecule has 0 aliphatic carbocycles. The van der Waals surface area contributed by atoms with Crippen LogP contribution in [0, 0.1) is 6.92 Å². The molecule has 2 aromatic carbocycles. The molecule has 0 saturated carbocycles. The molecule has 0 aliphatic rings. The van der Waals surface area contributed by atoms with Gasteiger partial charge in [-0.3, -0.25) is 4.52 Å². The summed E-state index contributed by atoms with van der Waals surface area (Å²) in [4.78, 5) is 3.96. The zero-order valence-corrected chi connectivity index (χ0v) is 13.3. The third-order valence-electron chi connectivity index (χ3n) is 3.07. The molecule has 22 heavy (non-hydrogen) atoms. The van der Waals surface area contributed by atoms with Gasteiger partial charge in [-0.25, -0.2) is 4.99 Å². The minimum Gasteiger partial charge on any atom is -0.858 e. The molecule has 0 aliphatic heterocycles. The molecule has 0 spiro atoms. The number of nitrogens with zero attached hydrogens (tertiary/aromatic N) is 3. The fourth-order valence-electron chi connectivity index (χ4n) is 1.89. The first kappa shape index (κ1) is 14.5. The molecular weight excluding hydrogens is 346 g/mol. The maximum atomic E-state index is 12.1. The minimum absolute atomic E-state index is 0.134. The van der Waals surface area contributed by atoms with Crippen molar-refractivity contribution in [1.29, 1.82) is 0 Å². The van der Waals surface area contributed by atoms with Gasteiger partial charge in [0.2, 0.25) is 11.0 Å². The second kappa shape index (κ2) is 6.11. The Kier molecular flexibility index (Phi) is 4.02. The van der Waals surface area contributed by atoms with Gasteiger partial charge in [0.25, 0.3) is 0 Å². The van der Waals surface area contributed by atoms with Crippen molar-refractivity contribution in [1.82, 2.24) is 5.27 Å². The van der Waals surface area contributed by atoms with E-state index >= 15 is 0 Å². The van der Waals surface area contributed by atoms with E-state index in [2.05, 4.69) is 26.2 Å². The second-order valence-corrected chi connectivity index (χ2v) is 5.45.